The summed E-state index contributed by atoms with van der Waals surface area (Å²) in [6, 6.07) is 22.5. The molecule has 0 radical (unpaired) electrons. The fraction of sp³-hybridized carbons (Fsp3) is 0.154. The van der Waals surface area contributed by atoms with E-state index in [1.54, 1.807) is 42.5 Å². The molecule has 1 saturated heterocycles. The number of aromatic carboxylic acids is 1. The second kappa shape index (κ2) is 9.48. The maximum atomic E-state index is 13.0. The number of carboxylic acid groups (broad SMARTS) is 1. The Morgan fingerprint density at radius 3 is 2.00 bits per heavy atom. The number of ether oxygens (including phenoxy) is 1. The van der Waals surface area contributed by atoms with E-state index in [-0.39, 0.29) is 12.2 Å². The van der Waals surface area contributed by atoms with E-state index in [4.69, 9.17) is 9.84 Å². The van der Waals surface area contributed by atoms with Crippen LogP contribution in [0.15, 0.2) is 84.9 Å². The van der Waals surface area contributed by atoms with Gasteiger partial charge >= 0.3 is 11.9 Å². The number of hydrogen-bond donors (Lipinski definition) is 1. The fourth-order valence-electron chi connectivity index (χ4n) is 3.81. The number of hydrogen-bond acceptors (Lipinski definition) is 5. The van der Waals surface area contributed by atoms with E-state index in [0.717, 1.165) is 10.5 Å². The average Bonchev–Trinajstić information content (AvgIpc) is 2.85. The van der Waals surface area contributed by atoms with E-state index in [1.807, 2.05) is 30.3 Å². The summed E-state index contributed by atoms with van der Waals surface area (Å²) in [6.45, 7) is -0.102. The monoisotopic (exact) mass is 443 g/mol. The summed E-state index contributed by atoms with van der Waals surface area (Å²) < 4.78 is 5.43. The van der Waals surface area contributed by atoms with Crippen molar-refractivity contribution in [3.05, 3.63) is 107 Å². The smallest absolute Gasteiger partial charge is 0.335 e. The largest absolute Gasteiger partial charge is 0.478 e. The molecule has 1 heterocycles. The number of carbonyl (C=O) groups excluding carboxylic acids is 3. The lowest BCUT2D eigenvalue weighted by Gasteiger charge is -2.43. The van der Waals surface area contributed by atoms with Crippen LogP contribution in [-0.4, -0.2) is 39.8 Å². The topological polar surface area (TPSA) is 101 Å². The van der Waals surface area contributed by atoms with Crippen LogP contribution >= 0.6 is 0 Å². The van der Waals surface area contributed by atoms with E-state index in [2.05, 4.69) is 0 Å². The zero-order valence-corrected chi connectivity index (χ0v) is 17.6. The van der Waals surface area contributed by atoms with Crippen LogP contribution in [0.25, 0.3) is 0 Å². The molecule has 1 fully saturated rings. The van der Waals surface area contributed by atoms with Crippen molar-refractivity contribution in [1.29, 1.82) is 0 Å². The molecule has 0 aromatic heterocycles. The van der Waals surface area contributed by atoms with E-state index >= 15 is 0 Å². The lowest BCUT2D eigenvalue weighted by atomic mass is 9.81. The highest BCUT2D eigenvalue weighted by molar-refractivity contribution is 6.13. The molecule has 3 aromatic rings. The molecule has 1 aliphatic rings. The molecule has 0 aliphatic carbocycles. The van der Waals surface area contributed by atoms with Gasteiger partial charge in [0.2, 0.25) is 5.91 Å². The number of benzene rings is 3. The molecular weight excluding hydrogens is 422 g/mol. The molecule has 7 heteroatoms. The van der Waals surface area contributed by atoms with Crippen molar-refractivity contribution in [2.24, 2.45) is 5.92 Å². The van der Waals surface area contributed by atoms with Crippen molar-refractivity contribution in [3.8, 4) is 0 Å². The molecule has 0 spiro atoms. The summed E-state index contributed by atoms with van der Waals surface area (Å²) in [4.78, 5) is 50.8. The predicted molar refractivity (Wildman–Crippen MR) is 118 cm³/mol. The van der Waals surface area contributed by atoms with Gasteiger partial charge < -0.3 is 9.84 Å². The normalized spacial score (nSPS) is 17.2. The summed E-state index contributed by atoms with van der Waals surface area (Å²) in [5, 5.41) is 9.00. The molecule has 4 rings (SSSR count). The molecule has 0 bridgehead atoms. The second-order valence-electron chi connectivity index (χ2n) is 7.73. The van der Waals surface area contributed by atoms with Gasteiger partial charge in [-0.2, -0.15) is 0 Å². The quantitative estimate of drug-likeness (QED) is 0.342. The maximum absolute atomic E-state index is 13.0. The van der Waals surface area contributed by atoms with E-state index in [9.17, 15) is 19.2 Å². The molecular formula is C26H21NO6. The highest BCUT2D eigenvalue weighted by atomic mass is 16.5. The van der Waals surface area contributed by atoms with E-state index < -0.39 is 35.7 Å². The lowest BCUT2D eigenvalue weighted by molar-refractivity contribution is -0.170. The third-order valence-electron chi connectivity index (χ3n) is 5.58. The summed E-state index contributed by atoms with van der Waals surface area (Å²) in [7, 11) is 0. The lowest BCUT2D eigenvalue weighted by Crippen LogP contribution is -2.67. The first kappa shape index (κ1) is 22.0. The Labute approximate surface area is 190 Å². The van der Waals surface area contributed by atoms with Gasteiger partial charge in [-0.25, -0.2) is 9.59 Å². The molecule has 1 aliphatic heterocycles. The first-order valence-corrected chi connectivity index (χ1v) is 10.4. The van der Waals surface area contributed by atoms with Crippen LogP contribution in [0, 0.1) is 5.92 Å². The highest BCUT2D eigenvalue weighted by Crippen LogP contribution is 2.33. The van der Waals surface area contributed by atoms with Crippen molar-refractivity contribution >= 4 is 23.8 Å². The average molecular weight is 443 g/mol. The molecule has 0 saturated carbocycles. The van der Waals surface area contributed by atoms with Gasteiger partial charge in [-0.15, -0.1) is 0 Å². The Balaban J connectivity index is 1.52. The van der Waals surface area contributed by atoms with Gasteiger partial charge in [0, 0.05) is 5.56 Å². The van der Waals surface area contributed by atoms with Gasteiger partial charge in [-0.1, -0.05) is 60.7 Å². The number of nitrogens with zero attached hydrogens (tertiary/aromatic N) is 1. The van der Waals surface area contributed by atoms with E-state index in [1.165, 1.54) is 12.1 Å². The standard InChI is InChI=1S/C26H21NO6/c28-23(19-9-5-2-6-10-19)27-22(21(24(27)29)15-17-7-3-1-4-8-17)26(32)33-16-18-11-13-20(14-12-18)25(30)31/h1-14,21-22H,15-16H2,(H,30,31)/t21-,22-/m0/s1. The van der Waals surface area contributed by atoms with Crippen LogP contribution in [0.1, 0.15) is 31.8 Å². The van der Waals surface area contributed by atoms with Crippen molar-refractivity contribution in [2.45, 2.75) is 19.1 Å². The number of rotatable bonds is 7. The van der Waals surface area contributed by atoms with Crippen molar-refractivity contribution in [3.63, 3.8) is 0 Å². The van der Waals surface area contributed by atoms with Gasteiger partial charge in [-0.05, 0) is 41.8 Å². The number of carbonyl (C=O) groups is 4. The Hall–Kier alpha value is -4.26. The summed E-state index contributed by atoms with van der Waals surface area (Å²) >= 11 is 0. The summed E-state index contributed by atoms with van der Waals surface area (Å²) in [5.74, 6) is -3.40. The van der Waals surface area contributed by atoms with E-state index in [0.29, 0.717) is 17.5 Å². The highest BCUT2D eigenvalue weighted by Gasteiger charge is 2.55. The molecule has 2 atom stereocenters. The zero-order chi connectivity index (χ0) is 23.4. The number of imide groups is 1. The zero-order valence-electron chi connectivity index (χ0n) is 17.6. The number of carboxylic acids is 1. The van der Waals surface area contributed by atoms with Gasteiger partial charge in [-0.3, -0.25) is 14.5 Å². The first-order chi connectivity index (χ1) is 16.0. The first-order valence-electron chi connectivity index (χ1n) is 10.4. The third-order valence-corrected chi connectivity index (χ3v) is 5.58. The van der Waals surface area contributed by atoms with Gasteiger partial charge in [0.1, 0.15) is 12.6 Å². The number of amides is 2. The fourth-order valence-corrected chi connectivity index (χ4v) is 3.81. The second-order valence-corrected chi connectivity index (χ2v) is 7.73. The molecule has 2 amide bonds. The van der Waals surface area contributed by atoms with Crippen LogP contribution < -0.4 is 0 Å². The molecule has 166 valence electrons. The summed E-state index contributed by atoms with van der Waals surface area (Å²) in [6.07, 6.45) is 0.311. The summed E-state index contributed by atoms with van der Waals surface area (Å²) in [5.41, 5.74) is 1.91. The Morgan fingerprint density at radius 2 is 1.39 bits per heavy atom. The number of esters is 1. The Morgan fingerprint density at radius 1 is 0.788 bits per heavy atom. The molecule has 7 nitrogen and oxygen atoms in total. The minimum absolute atomic E-state index is 0.102. The van der Waals surface area contributed by atoms with Crippen LogP contribution in [0.3, 0.4) is 0 Å². The van der Waals surface area contributed by atoms with Crippen LogP contribution in [0.2, 0.25) is 0 Å². The number of β-lactam (4-membered cyclic amide) rings is 1. The Kier molecular flexibility index (Phi) is 6.31. The van der Waals surface area contributed by atoms with Crippen molar-refractivity contribution in [2.75, 3.05) is 0 Å². The maximum Gasteiger partial charge on any atom is 0.335 e. The molecule has 0 unspecified atom stereocenters. The van der Waals surface area contributed by atoms with Gasteiger partial charge in [0.25, 0.3) is 5.91 Å². The predicted octanol–water partition coefficient (Wildman–Crippen LogP) is 3.34. The minimum Gasteiger partial charge on any atom is -0.478 e. The minimum atomic E-state index is -1.05. The third kappa shape index (κ3) is 4.67. The van der Waals surface area contributed by atoms with Crippen LogP contribution in [0.4, 0.5) is 0 Å². The Bertz CT molecular complexity index is 1170. The SMILES string of the molecule is O=C(O)c1ccc(COC(=O)[C@@H]2[C@H](Cc3ccccc3)C(=O)N2C(=O)c2ccccc2)cc1. The van der Waals surface area contributed by atoms with Gasteiger partial charge in [0.05, 0.1) is 11.5 Å². The molecule has 33 heavy (non-hydrogen) atoms. The van der Waals surface area contributed by atoms with Gasteiger partial charge in [0.15, 0.2) is 0 Å². The van der Waals surface area contributed by atoms with Crippen LogP contribution in [0.5, 0.6) is 0 Å². The molecule has 3 aromatic carbocycles. The van der Waals surface area contributed by atoms with Crippen molar-refractivity contribution in [1.82, 2.24) is 4.90 Å². The van der Waals surface area contributed by atoms with Crippen LogP contribution in [-0.2, 0) is 27.4 Å². The van der Waals surface area contributed by atoms with Crippen molar-refractivity contribution < 1.29 is 29.0 Å². The molecule has 1 N–H and O–H groups in total. The number of likely N-dealkylation sites (tertiary alicyclic amines) is 1.